The molecule has 6 aromatic rings. The molecule has 0 N–H and O–H groups in total. The van der Waals surface area contributed by atoms with Gasteiger partial charge in [0.05, 0.1) is 0 Å². The molecule has 0 saturated carbocycles. The molecule has 0 amide bonds. The van der Waals surface area contributed by atoms with Gasteiger partial charge in [0.15, 0.2) is 0 Å². The van der Waals surface area contributed by atoms with Gasteiger partial charge in [0.1, 0.15) is 0 Å². The van der Waals surface area contributed by atoms with Gasteiger partial charge in [-0.2, -0.15) is 0 Å². The van der Waals surface area contributed by atoms with Gasteiger partial charge in [0.2, 0.25) is 0 Å². The number of benzene rings is 6. The van der Waals surface area contributed by atoms with E-state index in [0.717, 1.165) is 27.6 Å². The normalized spacial score (nSPS) is 12.9. The molecule has 2 aliphatic rings. The van der Waals surface area contributed by atoms with Gasteiger partial charge in [-0.1, -0.05) is 0 Å². The molecule has 8 rings (SSSR count). The van der Waals surface area contributed by atoms with Gasteiger partial charge in [0.25, 0.3) is 0 Å². The van der Waals surface area contributed by atoms with Crippen LogP contribution in [0, 0.1) is 0 Å². The van der Waals surface area contributed by atoms with Crippen molar-refractivity contribution in [1.29, 1.82) is 0 Å². The van der Waals surface area contributed by atoms with E-state index in [1.807, 2.05) is 24.3 Å². The smallest absolute Gasteiger partial charge is 1.00 e. The molecule has 0 unspecified atom stereocenters. The number of fused-ring (bicyclic) bond motifs is 8. The molecule has 2 aliphatic carbocycles. The summed E-state index contributed by atoms with van der Waals surface area (Å²) < 4.78 is 1.42. The fraction of sp³-hybridized carbons (Fsp3) is 0.0256. The zero-order valence-electron chi connectivity index (χ0n) is 23.3. The number of halogens is 4. The molecule has 0 aromatic heterocycles. The van der Waals surface area contributed by atoms with Gasteiger partial charge in [0, 0.05) is 0 Å². The van der Waals surface area contributed by atoms with E-state index in [2.05, 4.69) is 103 Å². The average Bonchev–Trinajstić information content (AvgIpc) is 3.66. The first-order chi connectivity index (χ1) is 20.6. The number of hydrogen-bond donors (Lipinski definition) is 0. The Morgan fingerprint density at radius 3 is 1.59 bits per heavy atom. The van der Waals surface area contributed by atoms with Crippen LogP contribution in [0.5, 0.6) is 0 Å². The second-order valence-electron chi connectivity index (χ2n) is 10.8. The van der Waals surface area contributed by atoms with Gasteiger partial charge in [-0.25, -0.2) is 0 Å². The minimum atomic E-state index is 0. The van der Waals surface area contributed by atoms with E-state index in [0.29, 0.717) is 0 Å². The van der Waals surface area contributed by atoms with Crippen molar-refractivity contribution in [3.05, 3.63) is 170 Å². The molecule has 0 spiro atoms. The van der Waals surface area contributed by atoms with Gasteiger partial charge >= 0.3 is 272 Å². The number of hydrogen-bond acceptors (Lipinski definition) is 0. The molecular formula is C39H23Cl4Zr. The third-order valence-corrected chi connectivity index (χ3v) is 10.3. The zero-order valence-corrected chi connectivity index (χ0v) is 28.8. The minimum absolute atomic E-state index is 0. The van der Waals surface area contributed by atoms with Crippen LogP contribution in [-0.2, 0) is 24.7 Å². The van der Waals surface area contributed by atoms with Crippen LogP contribution in [0.3, 0.4) is 0 Å². The van der Waals surface area contributed by atoms with Crippen molar-refractivity contribution >= 4 is 59.2 Å². The Morgan fingerprint density at radius 1 is 0.545 bits per heavy atom. The van der Waals surface area contributed by atoms with Crippen molar-refractivity contribution in [2.45, 2.75) is 6.42 Å². The maximum absolute atomic E-state index is 6.37. The summed E-state index contributed by atoms with van der Waals surface area (Å²) in [6.45, 7) is 0. The molecular weight excluding hydrogens is 701 g/mol. The second kappa shape index (κ2) is 12.5. The molecule has 211 valence electrons. The van der Waals surface area contributed by atoms with Crippen LogP contribution >= 0.6 is 23.2 Å². The first-order valence-corrected chi connectivity index (χ1v) is 16.0. The van der Waals surface area contributed by atoms with Gasteiger partial charge in [-0.3, -0.25) is 0 Å². The summed E-state index contributed by atoms with van der Waals surface area (Å²) in [5.41, 5.74) is 10.2. The maximum atomic E-state index is 6.37. The monoisotopic (exact) mass is 721 g/mol. The molecule has 0 saturated heterocycles. The average molecular weight is 725 g/mol. The Hall–Kier alpha value is -2.90. The van der Waals surface area contributed by atoms with E-state index in [1.54, 1.807) is 0 Å². The van der Waals surface area contributed by atoms with Crippen molar-refractivity contribution in [3.63, 3.8) is 0 Å². The van der Waals surface area contributed by atoms with Crippen LogP contribution in [0.15, 0.2) is 127 Å². The first kappa shape index (κ1) is 31.1. The van der Waals surface area contributed by atoms with E-state index < -0.39 is 0 Å². The van der Waals surface area contributed by atoms with Crippen LogP contribution < -0.4 is 35.3 Å². The fourth-order valence-corrected chi connectivity index (χ4v) is 8.15. The Bertz CT molecular complexity index is 2230. The number of allylic oxidation sites excluding steroid dienone is 4. The van der Waals surface area contributed by atoms with Gasteiger partial charge < -0.3 is 24.8 Å². The fourth-order valence-electron chi connectivity index (χ4n) is 6.75. The Labute approximate surface area is 294 Å². The Kier molecular flexibility index (Phi) is 8.82. The zero-order chi connectivity index (χ0) is 28.4. The van der Waals surface area contributed by atoms with Gasteiger partial charge in [-0.05, 0) is 0 Å². The van der Waals surface area contributed by atoms with Crippen LogP contribution in [0.25, 0.3) is 47.1 Å². The molecule has 0 nitrogen and oxygen atoms in total. The van der Waals surface area contributed by atoms with E-state index in [9.17, 15) is 0 Å². The van der Waals surface area contributed by atoms with Crippen LogP contribution in [0.1, 0.15) is 28.7 Å². The first-order valence-electron chi connectivity index (χ1n) is 14.1. The summed E-state index contributed by atoms with van der Waals surface area (Å²) >= 11 is 14.2. The molecule has 0 bridgehead atoms. The molecule has 0 fully saturated rings. The number of rotatable bonds is 3. The topological polar surface area (TPSA) is 0 Å². The molecule has 0 atom stereocenters. The minimum Gasteiger partial charge on any atom is -1.00 e. The SMILES string of the molecule is Clc1ccc(C(c2ccc(Cl)cc2)=c2ccc3c(c2C2=CC=CC2)-c2c(c4ccccc4c4ccccc24)[C]=3[Zr+2])cc1.[Cl-].[Cl-]. The molecule has 6 aromatic carbocycles. The third-order valence-electron chi connectivity index (χ3n) is 8.54. The van der Waals surface area contributed by atoms with E-state index in [-0.39, 0.29) is 24.8 Å². The standard InChI is InChI=1S/C39H23Cl2.2ClH.Zr/c40-28-18-13-25(14-19-28)36(26-15-20-29(41)21-16-26)34-22-17-27-23-35-32-11-4-3-9-30(32)31-10-5-6-12-33(31)39(35)38(27)37(34)24-7-1-2-8-24;;;/h1-7,9-22H,8H2;2*1H;/q;;;+2/p-2. The molecule has 5 heteroatoms. The predicted molar refractivity (Wildman–Crippen MR) is 175 cm³/mol. The quantitative estimate of drug-likeness (QED) is 0.245. The largest absolute Gasteiger partial charge is 1.00 e. The summed E-state index contributed by atoms with van der Waals surface area (Å²) in [4.78, 5) is 0. The summed E-state index contributed by atoms with van der Waals surface area (Å²) in [5.74, 6) is 0. The molecule has 0 radical (unpaired) electrons. The predicted octanol–water partition coefficient (Wildman–Crippen LogP) is 3.58. The van der Waals surface area contributed by atoms with Gasteiger partial charge in [-0.15, -0.1) is 0 Å². The van der Waals surface area contributed by atoms with E-state index in [4.69, 9.17) is 23.2 Å². The molecule has 0 aliphatic heterocycles. The molecule has 0 heterocycles. The molecule has 44 heavy (non-hydrogen) atoms. The Balaban J connectivity index is 0.00000171. The van der Waals surface area contributed by atoms with Crippen molar-refractivity contribution in [3.8, 4) is 11.1 Å². The van der Waals surface area contributed by atoms with Crippen LogP contribution in [0.4, 0.5) is 0 Å². The second-order valence-corrected chi connectivity index (χ2v) is 12.9. The van der Waals surface area contributed by atoms with Crippen molar-refractivity contribution in [2.75, 3.05) is 0 Å². The van der Waals surface area contributed by atoms with Crippen LogP contribution in [0.2, 0.25) is 10.0 Å². The Morgan fingerprint density at radius 2 is 1.07 bits per heavy atom. The van der Waals surface area contributed by atoms with Crippen molar-refractivity contribution in [2.24, 2.45) is 0 Å². The van der Waals surface area contributed by atoms with E-state index in [1.165, 1.54) is 93.4 Å². The summed E-state index contributed by atoms with van der Waals surface area (Å²) in [7, 11) is 0. The van der Waals surface area contributed by atoms with Crippen molar-refractivity contribution in [1.82, 2.24) is 0 Å². The maximum Gasteiger partial charge on any atom is -1.00 e. The van der Waals surface area contributed by atoms with E-state index >= 15 is 0 Å². The van der Waals surface area contributed by atoms with Crippen molar-refractivity contribution < 1.29 is 49.5 Å². The summed E-state index contributed by atoms with van der Waals surface area (Å²) in [6, 6.07) is 38.9. The van der Waals surface area contributed by atoms with Crippen LogP contribution in [-0.4, -0.2) is 0 Å². The summed E-state index contributed by atoms with van der Waals surface area (Å²) in [6.07, 6.45) is 7.66. The summed E-state index contributed by atoms with van der Waals surface area (Å²) in [5, 5.41) is 9.30. The third kappa shape index (κ3) is 4.95.